The first-order chi connectivity index (χ1) is 25.4. The van der Waals surface area contributed by atoms with Crippen molar-refractivity contribution in [3.05, 3.63) is 76.6 Å². The largest absolute Gasteiger partial charge is 0.447 e. The fraction of sp³-hybridized carbons (Fsp3) is 0.444. The van der Waals surface area contributed by atoms with E-state index in [-0.39, 0.29) is 47.2 Å². The molecule has 2 fully saturated rings. The van der Waals surface area contributed by atoms with E-state index in [1.54, 1.807) is 18.3 Å². The third-order valence-electron chi connectivity index (χ3n) is 9.59. The molecule has 2 aliphatic carbocycles. The SMILES string of the molecule is CC(C)(C)CC1(c2ccc(-c3cnn(C4CC4)c3)cc2)N=C(N)N(C(COC(=O)NC2(C(F)(F)F)CC2)c2ccc(Cl)c(C(=NC=N)[NH2+]C(F)F)c2)C1=O. The van der Waals surface area contributed by atoms with Crippen molar-refractivity contribution in [2.45, 2.75) is 88.8 Å². The zero-order chi connectivity index (χ0) is 39.2. The van der Waals surface area contributed by atoms with Gasteiger partial charge in [-0.05, 0) is 66.3 Å². The summed E-state index contributed by atoms with van der Waals surface area (Å²) in [7, 11) is 0. The Morgan fingerprint density at radius 2 is 1.85 bits per heavy atom. The predicted molar refractivity (Wildman–Crippen MR) is 190 cm³/mol. The Morgan fingerprint density at radius 3 is 2.43 bits per heavy atom. The van der Waals surface area contributed by atoms with Gasteiger partial charge in [-0.25, -0.2) is 15.1 Å². The summed E-state index contributed by atoms with van der Waals surface area (Å²) >= 11 is 6.40. The highest BCUT2D eigenvalue weighted by molar-refractivity contribution is 6.33. The van der Waals surface area contributed by atoms with E-state index in [0.29, 0.717) is 23.3 Å². The summed E-state index contributed by atoms with van der Waals surface area (Å²) in [6, 6.07) is 10.4. The van der Waals surface area contributed by atoms with Crippen molar-refractivity contribution < 1.29 is 41.6 Å². The number of amides is 2. The number of nitrogens with zero attached hydrogens (tertiary/aromatic N) is 5. The number of hydrogen-bond donors (Lipinski definition) is 4. The van der Waals surface area contributed by atoms with E-state index in [9.17, 15) is 31.5 Å². The summed E-state index contributed by atoms with van der Waals surface area (Å²) in [6.07, 6.45) is -0.152. The lowest BCUT2D eigenvalue weighted by atomic mass is 9.75. The summed E-state index contributed by atoms with van der Waals surface area (Å²) in [5, 5.41) is 14.2. The highest BCUT2D eigenvalue weighted by Crippen LogP contribution is 2.49. The second-order valence-corrected chi connectivity index (χ2v) is 15.4. The van der Waals surface area contributed by atoms with Crippen LogP contribution in [0.3, 0.4) is 0 Å². The van der Waals surface area contributed by atoms with Gasteiger partial charge in [-0.2, -0.15) is 32.0 Å². The third-order valence-corrected chi connectivity index (χ3v) is 9.92. The van der Waals surface area contributed by atoms with E-state index in [0.717, 1.165) is 28.9 Å². The van der Waals surface area contributed by atoms with Gasteiger partial charge in [0.05, 0.1) is 28.9 Å². The number of alkyl halides is 5. The number of amidine groups is 1. The van der Waals surface area contributed by atoms with Crippen LogP contribution in [0.5, 0.6) is 0 Å². The van der Waals surface area contributed by atoms with E-state index in [4.69, 9.17) is 32.5 Å². The molecule has 0 saturated heterocycles. The highest BCUT2D eigenvalue weighted by atomic mass is 35.5. The number of aliphatic imine (C=N–C) groups is 2. The Kier molecular flexibility index (Phi) is 10.3. The molecule has 2 unspecified atom stereocenters. The first-order valence-corrected chi connectivity index (χ1v) is 17.6. The summed E-state index contributed by atoms with van der Waals surface area (Å²) in [5.41, 5.74) is 4.42. The van der Waals surface area contributed by atoms with Gasteiger partial charge in [0.25, 0.3) is 5.91 Å². The molecule has 2 heterocycles. The molecule has 6 rings (SSSR count). The summed E-state index contributed by atoms with van der Waals surface area (Å²) in [5.74, 6) is -1.24. The molecule has 6 N–H and O–H groups in total. The zero-order valence-electron chi connectivity index (χ0n) is 29.6. The van der Waals surface area contributed by atoms with Gasteiger partial charge in [0.1, 0.15) is 18.5 Å². The monoisotopic (exact) mass is 776 g/mol. The van der Waals surface area contributed by atoms with Gasteiger partial charge < -0.3 is 15.8 Å². The molecule has 12 nitrogen and oxygen atoms in total. The maximum absolute atomic E-state index is 14.9. The highest BCUT2D eigenvalue weighted by Gasteiger charge is 2.64. The number of hydrogen-bond acceptors (Lipinski definition) is 7. The molecular formula is C36H40ClF5N9O3+. The molecule has 1 aliphatic heterocycles. The molecule has 1 aromatic heterocycles. The van der Waals surface area contributed by atoms with Crippen LogP contribution in [0, 0.1) is 10.8 Å². The number of quaternary nitrogens is 1. The average Bonchev–Trinajstić information content (AvgIpc) is 4.02. The van der Waals surface area contributed by atoms with Crippen molar-refractivity contribution in [2.24, 2.45) is 21.1 Å². The maximum Gasteiger partial charge on any atom is 0.411 e. The molecule has 0 bridgehead atoms. The van der Waals surface area contributed by atoms with E-state index >= 15 is 0 Å². The molecule has 2 aromatic carbocycles. The lowest BCUT2D eigenvalue weighted by Gasteiger charge is -2.35. The van der Waals surface area contributed by atoms with Crippen LogP contribution in [-0.4, -0.2) is 69.7 Å². The van der Waals surface area contributed by atoms with Crippen molar-refractivity contribution in [3.63, 3.8) is 0 Å². The fourth-order valence-corrected chi connectivity index (χ4v) is 6.90. The standard InChI is InChI=1S/C36H39ClF5N9O3/c1-33(2,3)18-35(23-7-4-20(5-8-23)22-15-46-50(16-22)24-9-10-24)29(52)51(31(44)48-35)27(17-54-32(53)49-34(12-13-34)36(40,41)42)21-6-11-26(37)25(14-21)28(45-19-43)47-30(38)39/h4-8,11,14-16,19,24,27,30H,9-10,12-13,17-18H2,1-3H3,(H2,44,48)(H,49,53)(H2,43,45,47)/p+1. The van der Waals surface area contributed by atoms with Crippen LogP contribution in [0.25, 0.3) is 11.1 Å². The van der Waals surface area contributed by atoms with Crippen LogP contribution in [0.1, 0.15) is 81.6 Å². The molecule has 0 radical (unpaired) electrons. The number of ether oxygens (including phenoxy) is 1. The van der Waals surface area contributed by atoms with Crippen LogP contribution in [0.2, 0.25) is 5.02 Å². The second kappa shape index (κ2) is 14.4. The molecular weight excluding hydrogens is 737 g/mol. The normalized spacial score (nSPS) is 20.6. The predicted octanol–water partition coefficient (Wildman–Crippen LogP) is 6.03. The molecule has 2 amide bonds. The van der Waals surface area contributed by atoms with E-state index in [2.05, 4.69) is 10.1 Å². The van der Waals surface area contributed by atoms with E-state index in [1.807, 2.05) is 49.1 Å². The lowest BCUT2D eigenvalue weighted by molar-refractivity contribution is -0.640. The Bertz CT molecular complexity index is 1990. The molecule has 2 saturated carbocycles. The minimum atomic E-state index is -4.72. The molecule has 54 heavy (non-hydrogen) atoms. The quantitative estimate of drug-likeness (QED) is 0.0762. The minimum Gasteiger partial charge on any atom is -0.447 e. The van der Waals surface area contributed by atoms with Crippen molar-refractivity contribution in [2.75, 3.05) is 6.61 Å². The van der Waals surface area contributed by atoms with E-state index < -0.39 is 53.9 Å². The smallest absolute Gasteiger partial charge is 0.411 e. The number of carbonyl (C=O) groups is 2. The summed E-state index contributed by atoms with van der Waals surface area (Å²) in [6.45, 7) is 2.08. The van der Waals surface area contributed by atoms with Crippen LogP contribution in [-0.2, 0) is 15.1 Å². The Morgan fingerprint density at radius 1 is 1.17 bits per heavy atom. The molecule has 0 spiro atoms. The van der Waals surface area contributed by atoms with Gasteiger partial charge in [0.15, 0.2) is 11.5 Å². The van der Waals surface area contributed by atoms with Crippen molar-refractivity contribution in [1.29, 1.82) is 5.41 Å². The Hall–Kier alpha value is -4.90. The number of aromatic nitrogens is 2. The van der Waals surface area contributed by atoms with Crippen molar-refractivity contribution in [1.82, 2.24) is 20.0 Å². The lowest BCUT2D eigenvalue weighted by Crippen LogP contribution is -2.91. The van der Waals surface area contributed by atoms with Gasteiger partial charge in [-0.3, -0.25) is 19.8 Å². The Balaban J connectivity index is 1.38. The minimum absolute atomic E-state index is 0.0336. The van der Waals surface area contributed by atoms with Gasteiger partial charge >= 0.3 is 18.8 Å². The van der Waals surface area contributed by atoms with Crippen LogP contribution in [0.15, 0.2) is 64.8 Å². The van der Waals surface area contributed by atoms with Gasteiger partial charge in [0.2, 0.25) is 5.84 Å². The van der Waals surface area contributed by atoms with Crippen LogP contribution < -0.4 is 16.4 Å². The average molecular weight is 777 g/mol. The third kappa shape index (κ3) is 7.97. The number of halogens is 6. The summed E-state index contributed by atoms with van der Waals surface area (Å²) in [4.78, 5) is 37.4. The number of alkyl carbamates (subject to hydrolysis) is 1. The Labute approximate surface area is 312 Å². The van der Waals surface area contributed by atoms with Crippen LogP contribution >= 0.6 is 11.6 Å². The number of benzene rings is 2. The maximum atomic E-state index is 14.9. The molecule has 2 atom stereocenters. The molecule has 3 aliphatic rings. The number of carbonyl (C=O) groups excluding carboxylic acids is 2. The van der Waals surface area contributed by atoms with Crippen molar-refractivity contribution in [3.8, 4) is 11.1 Å². The number of guanidine groups is 1. The van der Waals surface area contributed by atoms with Gasteiger partial charge in [-0.15, -0.1) is 0 Å². The topological polar surface area (TPSA) is 168 Å². The van der Waals surface area contributed by atoms with Crippen LogP contribution in [0.4, 0.5) is 26.7 Å². The number of rotatable bonds is 12. The first-order valence-electron chi connectivity index (χ1n) is 17.2. The zero-order valence-corrected chi connectivity index (χ0v) is 30.4. The molecule has 288 valence electrons. The van der Waals surface area contributed by atoms with Crippen molar-refractivity contribution >= 4 is 41.7 Å². The second-order valence-electron chi connectivity index (χ2n) is 15.0. The first kappa shape index (κ1) is 38.8. The molecule has 18 heteroatoms. The number of nitrogens with two attached hydrogens (primary N) is 2. The summed E-state index contributed by atoms with van der Waals surface area (Å²) < 4.78 is 75.3. The van der Waals surface area contributed by atoms with Gasteiger partial charge in [0, 0.05) is 11.8 Å². The molecule has 3 aromatic rings. The van der Waals surface area contributed by atoms with Gasteiger partial charge in [-0.1, -0.05) is 62.7 Å². The number of nitrogens with one attached hydrogen (secondary N) is 2. The van der Waals surface area contributed by atoms with E-state index in [1.165, 1.54) is 18.2 Å². The fourth-order valence-electron chi connectivity index (χ4n) is 6.69.